The lowest BCUT2D eigenvalue weighted by molar-refractivity contribution is 0.0137. The molecule has 10 heavy (non-hydrogen) atoms. The van der Waals surface area contributed by atoms with Crippen LogP contribution in [0.25, 0.3) is 0 Å². The maximum Gasteiger partial charge on any atom is 0.221 e. The summed E-state index contributed by atoms with van der Waals surface area (Å²) in [5.41, 5.74) is 0. The van der Waals surface area contributed by atoms with Crippen LogP contribution in [-0.4, -0.2) is 10.2 Å². The second-order valence-electron chi connectivity index (χ2n) is 3.64. The average Bonchev–Trinajstić information content (AvgIpc) is 2.44. The first-order chi connectivity index (χ1) is 4.77. The van der Waals surface area contributed by atoms with Crippen LogP contribution >= 0.6 is 0 Å². The maximum atomic E-state index is 8.85. The highest BCUT2D eigenvalue weighted by Gasteiger charge is 2.42. The molecule has 2 saturated carbocycles. The summed E-state index contributed by atoms with van der Waals surface area (Å²) >= 11 is 0. The van der Waals surface area contributed by atoms with Gasteiger partial charge < -0.3 is 10.2 Å². The van der Waals surface area contributed by atoms with Gasteiger partial charge in [0.15, 0.2) is 0 Å². The molecule has 0 saturated heterocycles. The number of rotatable bonds is 1. The van der Waals surface area contributed by atoms with Crippen molar-refractivity contribution in [2.75, 3.05) is 0 Å². The van der Waals surface area contributed by atoms with Gasteiger partial charge in [-0.05, 0) is 31.1 Å². The van der Waals surface area contributed by atoms with E-state index in [4.69, 9.17) is 10.2 Å². The maximum absolute atomic E-state index is 8.85. The summed E-state index contributed by atoms with van der Waals surface area (Å²) in [4.78, 5) is 0. The van der Waals surface area contributed by atoms with Gasteiger partial charge in [0.05, 0.1) is 0 Å². The van der Waals surface area contributed by atoms with Crippen molar-refractivity contribution in [1.29, 1.82) is 0 Å². The van der Waals surface area contributed by atoms with Crippen molar-refractivity contribution in [3.8, 4) is 0 Å². The molecule has 2 aliphatic rings. The first-order valence-corrected chi connectivity index (χ1v) is 4.02. The zero-order valence-electron chi connectivity index (χ0n) is 5.95. The first kappa shape index (κ1) is 6.62. The molecule has 0 aromatic carbocycles. The Balaban J connectivity index is 2.02. The van der Waals surface area contributed by atoms with Crippen LogP contribution < -0.4 is 0 Å². The first-order valence-electron chi connectivity index (χ1n) is 4.02. The molecule has 2 rings (SSSR count). The SMILES string of the molecule is O[C](O)C1CC2CCC1C2. The van der Waals surface area contributed by atoms with E-state index in [2.05, 4.69) is 0 Å². The van der Waals surface area contributed by atoms with E-state index in [0.717, 1.165) is 12.3 Å². The Morgan fingerprint density at radius 3 is 2.20 bits per heavy atom. The van der Waals surface area contributed by atoms with E-state index in [1.54, 1.807) is 0 Å². The predicted molar refractivity (Wildman–Crippen MR) is 36.1 cm³/mol. The standard InChI is InChI=1S/C8H13O2/c9-8(10)7-4-5-1-2-6(7)3-5/h5-7,9-10H,1-4H2. The van der Waals surface area contributed by atoms with Gasteiger partial charge in [-0.3, -0.25) is 0 Å². The minimum atomic E-state index is -0.313. The molecule has 0 amide bonds. The molecule has 57 valence electrons. The van der Waals surface area contributed by atoms with Crippen LogP contribution in [0, 0.1) is 24.0 Å². The van der Waals surface area contributed by atoms with Crippen LogP contribution in [0.1, 0.15) is 25.7 Å². The van der Waals surface area contributed by atoms with E-state index in [1.165, 1.54) is 19.3 Å². The summed E-state index contributed by atoms with van der Waals surface area (Å²) in [6.07, 6.45) is 4.46. The molecular formula is C8H13O2. The third kappa shape index (κ3) is 0.867. The second kappa shape index (κ2) is 2.21. The smallest absolute Gasteiger partial charge is 0.221 e. The normalized spacial score (nSPS) is 45.3. The van der Waals surface area contributed by atoms with Crippen molar-refractivity contribution in [2.45, 2.75) is 25.7 Å². The van der Waals surface area contributed by atoms with Gasteiger partial charge in [0.25, 0.3) is 0 Å². The molecule has 2 aliphatic carbocycles. The van der Waals surface area contributed by atoms with Gasteiger partial charge in [0, 0.05) is 5.92 Å². The van der Waals surface area contributed by atoms with E-state index < -0.39 is 0 Å². The van der Waals surface area contributed by atoms with E-state index >= 15 is 0 Å². The highest BCUT2D eigenvalue weighted by molar-refractivity contribution is 4.95. The Bertz CT molecular complexity index is 133. The third-order valence-corrected chi connectivity index (χ3v) is 3.07. The predicted octanol–water partition coefficient (Wildman–Crippen LogP) is 1.66. The highest BCUT2D eigenvalue weighted by atomic mass is 16.5. The van der Waals surface area contributed by atoms with E-state index in [-0.39, 0.29) is 12.2 Å². The number of hydrogen-bond donors (Lipinski definition) is 2. The van der Waals surface area contributed by atoms with Crippen LogP contribution in [0.3, 0.4) is 0 Å². The number of aliphatic hydroxyl groups excluding tert-OH is 1. The van der Waals surface area contributed by atoms with Gasteiger partial charge >= 0.3 is 0 Å². The van der Waals surface area contributed by atoms with E-state index in [0.29, 0.717) is 5.92 Å². The minimum absolute atomic E-state index is 0.124. The van der Waals surface area contributed by atoms with Crippen LogP contribution in [0.2, 0.25) is 0 Å². The lowest BCUT2D eigenvalue weighted by atomic mass is 9.88. The number of hydrogen-bond acceptors (Lipinski definition) is 2. The Hall–Kier alpha value is -0.0800. The van der Waals surface area contributed by atoms with Crippen molar-refractivity contribution >= 4 is 0 Å². The van der Waals surface area contributed by atoms with Gasteiger partial charge in [0.2, 0.25) is 6.29 Å². The fourth-order valence-corrected chi connectivity index (χ4v) is 2.56. The summed E-state index contributed by atoms with van der Waals surface area (Å²) in [5, 5.41) is 17.7. The van der Waals surface area contributed by atoms with Crippen molar-refractivity contribution in [2.24, 2.45) is 17.8 Å². The van der Waals surface area contributed by atoms with Crippen LogP contribution in [0.15, 0.2) is 0 Å². The molecular weight excluding hydrogens is 128 g/mol. The molecule has 0 aromatic rings. The topological polar surface area (TPSA) is 40.5 Å². The molecule has 3 atom stereocenters. The summed E-state index contributed by atoms with van der Waals surface area (Å²) in [5.74, 6) is 1.51. The molecule has 2 N–H and O–H groups in total. The molecule has 0 spiro atoms. The van der Waals surface area contributed by atoms with Crippen LogP contribution in [0.4, 0.5) is 0 Å². The fourth-order valence-electron chi connectivity index (χ4n) is 2.56. The molecule has 2 heteroatoms. The van der Waals surface area contributed by atoms with E-state index in [9.17, 15) is 0 Å². The van der Waals surface area contributed by atoms with Crippen molar-refractivity contribution in [3.63, 3.8) is 0 Å². The summed E-state index contributed by atoms with van der Waals surface area (Å²) in [6, 6.07) is 0. The minimum Gasteiger partial charge on any atom is -0.361 e. The number of fused-ring (bicyclic) bond motifs is 2. The summed E-state index contributed by atoms with van der Waals surface area (Å²) < 4.78 is 0. The fraction of sp³-hybridized carbons (Fsp3) is 0.875. The zero-order chi connectivity index (χ0) is 7.14. The average molecular weight is 141 g/mol. The zero-order valence-corrected chi connectivity index (χ0v) is 5.95. The lowest BCUT2D eigenvalue weighted by Gasteiger charge is -2.21. The molecule has 2 fully saturated rings. The Kier molecular flexibility index (Phi) is 1.46. The molecule has 2 bridgehead atoms. The monoisotopic (exact) mass is 141 g/mol. The Labute approximate surface area is 60.9 Å². The molecule has 3 unspecified atom stereocenters. The third-order valence-electron chi connectivity index (χ3n) is 3.07. The van der Waals surface area contributed by atoms with Crippen molar-refractivity contribution < 1.29 is 10.2 Å². The molecule has 0 heterocycles. The summed E-state index contributed by atoms with van der Waals surface area (Å²) in [6.45, 7) is 0. The lowest BCUT2D eigenvalue weighted by Crippen LogP contribution is -2.18. The summed E-state index contributed by atoms with van der Waals surface area (Å²) in [7, 11) is 0. The molecule has 1 radical (unpaired) electrons. The second-order valence-corrected chi connectivity index (χ2v) is 3.64. The molecule has 0 aromatic heterocycles. The quantitative estimate of drug-likeness (QED) is 0.583. The van der Waals surface area contributed by atoms with Gasteiger partial charge in [-0.2, -0.15) is 0 Å². The Morgan fingerprint density at radius 2 is 1.90 bits per heavy atom. The van der Waals surface area contributed by atoms with Gasteiger partial charge in [-0.15, -0.1) is 0 Å². The van der Waals surface area contributed by atoms with Gasteiger partial charge in [0.1, 0.15) is 0 Å². The number of aliphatic hydroxyl groups is 2. The van der Waals surface area contributed by atoms with Gasteiger partial charge in [-0.25, -0.2) is 0 Å². The molecule has 2 nitrogen and oxygen atoms in total. The van der Waals surface area contributed by atoms with Gasteiger partial charge in [-0.1, -0.05) is 6.42 Å². The van der Waals surface area contributed by atoms with Crippen molar-refractivity contribution in [1.82, 2.24) is 0 Å². The van der Waals surface area contributed by atoms with Crippen molar-refractivity contribution in [3.05, 3.63) is 6.29 Å². The highest BCUT2D eigenvalue weighted by Crippen LogP contribution is 2.50. The van der Waals surface area contributed by atoms with Crippen LogP contribution in [0.5, 0.6) is 0 Å². The molecule has 0 aliphatic heterocycles. The van der Waals surface area contributed by atoms with E-state index in [1.807, 2.05) is 0 Å². The van der Waals surface area contributed by atoms with Crippen LogP contribution in [-0.2, 0) is 0 Å². The Morgan fingerprint density at radius 1 is 1.10 bits per heavy atom. The largest absolute Gasteiger partial charge is 0.361 e.